The first-order valence-corrected chi connectivity index (χ1v) is 10.1. The summed E-state index contributed by atoms with van der Waals surface area (Å²) in [5.41, 5.74) is 3.45. The number of benzene rings is 2. The van der Waals surface area contributed by atoms with E-state index in [1.807, 2.05) is 39.0 Å². The molecule has 1 N–H and O–H groups in total. The third kappa shape index (κ3) is 4.71. The lowest BCUT2D eigenvalue weighted by Crippen LogP contribution is -2.36. The van der Waals surface area contributed by atoms with E-state index in [4.69, 9.17) is 9.26 Å². The van der Waals surface area contributed by atoms with E-state index in [1.165, 1.54) is 4.68 Å². The quantitative estimate of drug-likeness (QED) is 0.473. The summed E-state index contributed by atoms with van der Waals surface area (Å²) in [7, 11) is 1.58. The van der Waals surface area contributed by atoms with Crippen molar-refractivity contribution in [1.82, 2.24) is 5.27 Å². The van der Waals surface area contributed by atoms with Gasteiger partial charge in [-0.2, -0.15) is 0 Å². The average Bonchev–Trinajstić information content (AvgIpc) is 3.09. The summed E-state index contributed by atoms with van der Waals surface area (Å²) in [5.74, 6) is -0.0642. The highest BCUT2D eigenvalue weighted by molar-refractivity contribution is 8.00. The molecule has 1 heterocycles. The van der Waals surface area contributed by atoms with Crippen molar-refractivity contribution in [2.24, 2.45) is 0 Å². The maximum absolute atomic E-state index is 12.9. The molecular weight excluding hydrogens is 390 g/mol. The number of rotatable bonds is 7. The van der Waals surface area contributed by atoms with Gasteiger partial charge >= 0.3 is 0 Å². The third-order valence-corrected chi connectivity index (χ3v) is 5.85. The topological polar surface area (TPSA) is 91.3 Å². The number of hydrogen-bond acceptors (Lipinski definition) is 6. The summed E-state index contributed by atoms with van der Waals surface area (Å²) in [6.07, 6.45) is 0.536. The molecular formula is C21H23N3O4S. The van der Waals surface area contributed by atoms with Crippen molar-refractivity contribution >= 4 is 23.4 Å². The van der Waals surface area contributed by atoms with Gasteiger partial charge in [-0.25, -0.2) is 0 Å². The maximum atomic E-state index is 12.9. The number of methoxy groups -OCH3 is 1. The molecule has 0 saturated carbocycles. The highest BCUT2D eigenvalue weighted by Crippen LogP contribution is 2.30. The second-order valence-electron chi connectivity index (χ2n) is 6.60. The summed E-state index contributed by atoms with van der Waals surface area (Å²) in [6.45, 7) is 5.81. The second kappa shape index (κ2) is 9.00. The molecule has 3 rings (SSSR count). The lowest BCUT2D eigenvalue weighted by Gasteiger charge is -2.15. The first-order valence-electron chi connectivity index (χ1n) is 9.21. The van der Waals surface area contributed by atoms with Crippen LogP contribution in [-0.2, 0) is 4.79 Å². The molecule has 0 radical (unpaired) electrons. The molecule has 2 aromatic carbocycles. The van der Waals surface area contributed by atoms with Crippen LogP contribution in [0.1, 0.15) is 24.5 Å². The molecule has 0 aliphatic carbocycles. The largest absolute Gasteiger partial charge is 0.538 e. The van der Waals surface area contributed by atoms with Crippen molar-refractivity contribution in [2.45, 2.75) is 37.5 Å². The van der Waals surface area contributed by atoms with Crippen molar-refractivity contribution in [2.75, 3.05) is 12.4 Å². The number of thioether (sulfide) groups is 1. The Labute approximate surface area is 173 Å². The van der Waals surface area contributed by atoms with Gasteiger partial charge in [-0.15, -0.1) is 0 Å². The summed E-state index contributed by atoms with van der Waals surface area (Å²) >= 11 is 1.14. The Bertz CT molecular complexity index is 1000. The number of nitrogens with zero attached hydrogens (tertiary/aromatic N) is 2. The molecule has 0 spiro atoms. The van der Waals surface area contributed by atoms with Crippen LogP contribution in [0, 0.1) is 13.8 Å². The predicted molar refractivity (Wildman–Crippen MR) is 109 cm³/mol. The second-order valence-corrected chi connectivity index (χ2v) is 7.79. The lowest BCUT2D eigenvalue weighted by atomic mass is 10.1. The number of ether oxygens (including phenoxy) is 1. The smallest absolute Gasteiger partial charge is 0.298 e. The summed E-state index contributed by atoms with van der Waals surface area (Å²) < 4.78 is 11.4. The fraction of sp³-hybridized carbons (Fsp3) is 0.286. The Kier molecular flexibility index (Phi) is 6.43. The van der Waals surface area contributed by atoms with Gasteiger partial charge in [0.05, 0.1) is 17.6 Å². The average molecular weight is 413 g/mol. The van der Waals surface area contributed by atoms with Crippen LogP contribution < -0.4 is 19.8 Å². The highest BCUT2D eigenvalue weighted by Gasteiger charge is 2.28. The molecule has 1 aromatic heterocycles. The Morgan fingerprint density at radius 3 is 2.66 bits per heavy atom. The Morgan fingerprint density at radius 1 is 1.28 bits per heavy atom. The monoisotopic (exact) mass is 413 g/mol. The van der Waals surface area contributed by atoms with Gasteiger partial charge in [0.25, 0.3) is 5.03 Å². The molecule has 0 fully saturated rings. The van der Waals surface area contributed by atoms with Crippen LogP contribution >= 0.6 is 11.8 Å². The zero-order chi connectivity index (χ0) is 21.0. The van der Waals surface area contributed by atoms with Gasteiger partial charge in [-0.05, 0) is 66.0 Å². The molecule has 1 atom stereocenters. The van der Waals surface area contributed by atoms with E-state index >= 15 is 0 Å². The number of carbonyl (C=O) groups is 1. The van der Waals surface area contributed by atoms with E-state index in [2.05, 4.69) is 10.6 Å². The van der Waals surface area contributed by atoms with Crippen LogP contribution in [0.5, 0.6) is 11.7 Å². The standard InChI is InChI=1S/C21H23N3O4S/c1-5-18(19(25)22-17-12-13(2)6-7-14(17)3)29-20-21(26)28-23-24(20)15-8-10-16(27-4)11-9-15/h6-12,18H,5H2,1-4H3,(H-,22,23,25,26). The molecule has 0 bridgehead atoms. The zero-order valence-electron chi connectivity index (χ0n) is 16.8. The van der Waals surface area contributed by atoms with Crippen LogP contribution in [0.2, 0.25) is 0 Å². The van der Waals surface area contributed by atoms with Gasteiger partial charge in [-0.3, -0.25) is 4.79 Å². The van der Waals surface area contributed by atoms with Crippen molar-refractivity contribution < 1.29 is 23.8 Å². The number of aromatic nitrogens is 2. The molecule has 0 aliphatic rings. The van der Waals surface area contributed by atoms with Crippen LogP contribution in [0.25, 0.3) is 5.69 Å². The number of nitrogens with one attached hydrogen (secondary N) is 1. The normalized spacial score (nSPS) is 11.9. The van der Waals surface area contributed by atoms with Gasteiger partial charge in [0.15, 0.2) is 5.95 Å². The minimum Gasteiger partial charge on any atom is -0.538 e. The van der Waals surface area contributed by atoms with E-state index in [-0.39, 0.29) is 10.9 Å². The highest BCUT2D eigenvalue weighted by atomic mass is 32.2. The van der Waals surface area contributed by atoms with Crippen molar-refractivity contribution in [1.29, 1.82) is 0 Å². The number of carbonyl (C=O) groups excluding carboxylic acids is 1. The lowest BCUT2D eigenvalue weighted by molar-refractivity contribution is -0.705. The van der Waals surface area contributed by atoms with Crippen molar-refractivity contribution in [3.05, 3.63) is 53.6 Å². The molecule has 1 amide bonds. The first kappa shape index (κ1) is 20.7. The Morgan fingerprint density at radius 2 is 2.00 bits per heavy atom. The number of hydrogen-bond donors (Lipinski definition) is 1. The van der Waals surface area contributed by atoms with Gasteiger partial charge in [0.2, 0.25) is 11.6 Å². The zero-order valence-corrected chi connectivity index (χ0v) is 17.6. The minimum atomic E-state index is -0.580. The van der Waals surface area contributed by atoms with E-state index < -0.39 is 11.2 Å². The van der Waals surface area contributed by atoms with Crippen LogP contribution in [0.3, 0.4) is 0 Å². The maximum Gasteiger partial charge on any atom is 0.298 e. The summed E-state index contributed by atoms with van der Waals surface area (Å²) in [4.78, 5) is 12.9. The van der Waals surface area contributed by atoms with E-state index in [1.54, 1.807) is 31.4 Å². The van der Waals surface area contributed by atoms with E-state index in [9.17, 15) is 9.90 Å². The Hall–Kier alpha value is -3.00. The number of anilines is 1. The fourth-order valence-electron chi connectivity index (χ4n) is 2.77. The van der Waals surface area contributed by atoms with Crippen LogP contribution in [-0.4, -0.2) is 23.5 Å². The molecule has 3 aromatic rings. The third-order valence-electron chi connectivity index (χ3n) is 4.46. The van der Waals surface area contributed by atoms with Crippen LogP contribution in [0.4, 0.5) is 5.69 Å². The van der Waals surface area contributed by atoms with E-state index in [0.29, 0.717) is 17.9 Å². The number of amides is 1. The molecule has 29 heavy (non-hydrogen) atoms. The van der Waals surface area contributed by atoms with Crippen molar-refractivity contribution in [3.63, 3.8) is 0 Å². The molecule has 0 aliphatic heterocycles. The summed E-state index contributed by atoms with van der Waals surface area (Å²) in [5, 5.41) is 18.8. The number of aryl methyl sites for hydroxylation is 2. The van der Waals surface area contributed by atoms with Gasteiger partial charge in [0, 0.05) is 17.8 Å². The van der Waals surface area contributed by atoms with Gasteiger partial charge < -0.3 is 19.7 Å². The van der Waals surface area contributed by atoms with Crippen LogP contribution in [0.15, 0.2) is 52.0 Å². The molecule has 1 unspecified atom stereocenters. The Balaban J connectivity index is 1.82. The molecule has 152 valence electrons. The van der Waals surface area contributed by atoms with Gasteiger partial charge in [0.1, 0.15) is 5.75 Å². The predicted octanol–water partition coefficient (Wildman–Crippen LogP) is 3.16. The fourth-order valence-corrected chi connectivity index (χ4v) is 3.74. The molecule has 0 saturated heterocycles. The molecule has 8 heteroatoms. The van der Waals surface area contributed by atoms with Gasteiger partial charge in [-0.1, -0.05) is 19.1 Å². The SMILES string of the molecule is CCC(Sc1c([O-])on[n+]1-c1ccc(OC)cc1)C(=O)Nc1cc(C)ccc1C. The minimum absolute atomic E-state index is 0.173. The van der Waals surface area contributed by atoms with Crippen molar-refractivity contribution in [3.8, 4) is 17.4 Å². The first-order chi connectivity index (χ1) is 13.9. The summed E-state index contributed by atoms with van der Waals surface area (Å²) in [6, 6.07) is 13.0. The molecule has 7 nitrogen and oxygen atoms in total. The van der Waals surface area contributed by atoms with E-state index in [0.717, 1.165) is 28.6 Å².